The van der Waals surface area contributed by atoms with Crippen molar-refractivity contribution in [1.82, 2.24) is 20.0 Å². The first kappa shape index (κ1) is 17.2. The molecule has 1 aliphatic rings. The van der Waals surface area contributed by atoms with E-state index in [9.17, 15) is 9.59 Å². The third-order valence-electron chi connectivity index (χ3n) is 4.23. The molecular formula is C18H23N5O2. The van der Waals surface area contributed by atoms with Crippen LogP contribution < -0.4 is 10.2 Å². The number of carbonyl (C=O) groups is 2. The van der Waals surface area contributed by atoms with Crippen LogP contribution in [0, 0.1) is 0 Å². The zero-order valence-corrected chi connectivity index (χ0v) is 14.8. The van der Waals surface area contributed by atoms with Crippen molar-refractivity contribution in [2.24, 2.45) is 7.05 Å². The maximum Gasteiger partial charge on any atom is 0.251 e. The highest BCUT2D eigenvalue weighted by molar-refractivity contribution is 6.03. The number of nitrogens with one attached hydrogen (secondary N) is 1. The topological polar surface area (TPSA) is 70.5 Å². The molecule has 1 aliphatic heterocycles. The first-order chi connectivity index (χ1) is 11.9. The summed E-state index contributed by atoms with van der Waals surface area (Å²) < 4.78 is 1.66. The van der Waals surface area contributed by atoms with Crippen LogP contribution in [-0.4, -0.2) is 53.2 Å². The molecule has 3 rings (SSSR count). The summed E-state index contributed by atoms with van der Waals surface area (Å²) in [6.45, 7) is 1.40. The lowest BCUT2D eigenvalue weighted by atomic mass is 10.1. The van der Waals surface area contributed by atoms with Gasteiger partial charge in [-0.05, 0) is 38.2 Å². The maximum absolute atomic E-state index is 12.5. The van der Waals surface area contributed by atoms with E-state index in [4.69, 9.17) is 0 Å². The smallest absolute Gasteiger partial charge is 0.251 e. The van der Waals surface area contributed by atoms with Gasteiger partial charge in [0.05, 0.1) is 11.9 Å². The molecule has 2 heterocycles. The van der Waals surface area contributed by atoms with Crippen LogP contribution in [0.15, 0.2) is 36.7 Å². The van der Waals surface area contributed by atoms with Crippen LogP contribution in [0.25, 0.3) is 0 Å². The summed E-state index contributed by atoms with van der Waals surface area (Å²) in [4.78, 5) is 28.7. The van der Waals surface area contributed by atoms with Crippen molar-refractivity contribution in [2.45, 2.75) is 19.0 Å². The second kappa shape index (κ2) is 7.06. The number of carbonyl (C=O) groups excluding carboxylic acids is 2. The number of anilines is 1. The molecule has 1 aromatic heterocycles. The summed E-state index contributed by atoms with van der Waals surface area (Å²) >= 11 is 0. The van der Waals surface area contributed by atoms with Crippen molar-refractivity contribution in [3.8, 4) is 0 Å². The molecular weight excluding hydrogens is 318 g/mol. The van der Waals surface area contributed by atoms with Gasteiger partial charge >= 0.3 is 0 Å². The van der Waals surface area contributed by atoms with Crippen molar-refractivity contribution in [3.63, 3.8) is 0 Å². The Morgan fingerprint density at radius 1 is 1.32 bits per heavy atom. The molecule has 7 nitrogen and oxygen atoms in total. The lowest BCUT2D eigenvalue weighted by Gasteiger charge is -2.15. The molecule has 0 radical (unpaired) electrons. The number of hydrogen-bond donors (Lipinski definition) is 1. The first-order valence-corrected chi connectivity index (χ1v) is 8.28. The van der Waals surface area contributed by atoms with Gasteiger partial charge in [-0.15, -0.1) is 0 Å². The van der Waals surface area contributed by atoms with Crippen LogP contribution in [0.1, 0.15) is 22.3 Å². The molecule has 1 fully saturated rings. The van der Waals surface area contributed by atoms with Crippen LogP contribution in [-0.2, 0) is 18.4 Å². The second-order valence-electron chi connectivity index (χ2n) is 6.61. The van der Waals surface area contributed by atoms with E-state index in [2.05, 4.69) is 15.3 Å². The van der Waals surface area contributed by atoms with Crippen molar-refractivity contribution < 1.29 is 9.59 Å². The monoisotopic (exact) mass is 341 g/mol. The number of aryl methyl sites for hydroxylation is 1. The van der Waals surface area contributed by atoms with Gasteiger partial charge in [-0.2, -0.15) is 5.10 Å². The van der Waals surface area contributed by atoms with Crippen LogP contribution in [0.4, 0.5) is 5.69 Å². The Hall–Kier alpha value is -2.67. The van der Waals surface area contributed by atoms with Crippen molar-refractivity contribution in [1.29, 1.82) is 0 Å². The Bertz CT molecular complexity index is 766. The highest BCUT2D eigenvalue weighted by Gasteiger charge is 2.34. The second-order valence-corrected chi connectivity index (χ2v) is 6.61. The van der Waals surface area contributed by atoms with Gasteiger partial charge in [0.1, 0.15) is 6.04 Å². The number of aromatic nitrogens is 2. The summed E-state index contributed by atoms with van der Waals surface area (Å²) in [5.41, 5.74) is 2.47. The fourth-order valence-corrected chi connectivity index (χ4v) is 2.99. The third-order valence-corrected chi connectivity index (χ3v) is 4.23. The number of hydrogen-bond acceptors (Lipinski definition) is 4. The van der Waals surface area contributed by atoms with E-state index >= 15 is 0 Å². The predicted molar refractivity (Wildman–Crippen MR) is 95.3 cm³/mol. The molecule has 1 atom stereocenters. The van der Waals surface area contributed by atoms with E-state index in [1.165, 1.54) is 0 Å². The summed E-state index contributed by atoms with van der Waals surface area (Å²) in [5.74, 6) is -0.312. The summed E-state index contributed by atoms with van der Waals surface area (Å²) in [7, 11) is 5.81. The van der Waals surface area contributed by atoms with Crippen molar-refractivity contribution in [2.75, 3.05) is 25.5 Å². The van der Waals surface area contributed by atoms with Gasteiger partial charge in [-0.3, -0.25) is 14.3 Å². The fourth-order valence-electron chi connectivity index (χ4n) is 2.99. The standard InChI is InChI=1S/C18H23N5O2/c1-21(2)11-13-4-6-14(7-5-13)17(24)20-16-8-9-23(18(16)25)15-10-19-22(3)12-15/h4-7,10,12,16H,8-9,11H2,1-3H3,(H,20,24). The van der Waals surface area contributed by atoms with Gasteiger partial charge in [-0.25, -0.2) is 0 Å². The van der Waals surface area contributed by atoms with E-state index in [0.29, 0.717) is 18.5 Å². The van der Waals surface area contributed by atoms with Crippen LogP contribution >= 0.6 is 0 Å². The van der Waals surface area contributed by atoms with E-state index in [1.807, 2.05) is 33.3 Å². The minimum absolute atomic E-state index is 0.0921. The minimum Gasteiger partial charge on any atom is -0.340 e. The molecule has 0 saturated carbocycles. The van der Waals surface area contributed by atoms with Crippen LogP contribution in [0.5, 0.6) is 0 Å². The Kier molecular flexibility index (Phi) is 4.85. The lowest BCUT2D eigenvalue weighted by Crippen LogP contribution is -2.41. The zero-order valence-electron chi connectivity index (χ0n) is 14.8. The highest BCUT2D eigenvalue weighted by Crippen LogP contribution is 2.21. The maximum atomic E-state index is 12.5. The normalized spacial score (nSPS) is 17.4. The molecule has 25 heavy (non-hydrogen) atoms. The Morgan fingerprint density at radius 2 is 2.04 bits per heavy atom. The molecule has 2 amide bonds. The molecule has 7 heteroatoms. The van der Waals surface area contributed by atoms with Crippen molar-refractivity contribution in [3.05, 3.63) is 47.8 Å². The molecule has 1 N–H and O–H groups in total. The van der Waals surface area contributed by atoms with Crippen molar-refractivity contribution >= 4 is 17.5 Å². The molecule has 0 spiro atoms. The van der Waals surface area contributed by atoms with Gasteiger partial charge < -0.3 is 15.1 Å². The quantitative estimate of drug-likeness (QED) is 0.881. The third kappa shape index (κ3) is 3.88. The van der Waals surface area contributed by atoms with E-state index in [1.54, 1.807) is 34.1 Å². The van der Waals surface area contributed by atoms with Crippen LogP contribution in [0.2, 0.25) is 0 Å². The van der Waals surface area contributed by atoms with Gasteiger partial charge in [-0.1, -0.05) is 12.1 Å². The number of rotatable bonds is 5. The average molecular weight is 341 g/mol. The molecule has 0 aliphatic carbocycles. The summed E-state index contributed by atoms with van der Waals surface area (Å²) in [5, 5.41) is 6.93. The summed E-state index contributed by atoms with van der Waals surface area (Å²) in [6, 6.07) is 6.98. The van der Waals surface area contributed by atoms with Gasteiger partial charge in [0, 0.05) is 31.9 Å². The Morgan fingerprint density at radius 3 is 2.64 bits per heavy atom. The fraction of sp³-hybridized carbons (Fsp3) is 0.389. The zero-order chi connectivity index (χ0) is 18.0. The number of nitrogens with zero attached hydrogens (tertiary/aromatic N) is 4. The SMILES string of the molecule is CN(C)Cc1ccc(C(=O)NC2CCN(c3cnn(C)c3)C2=O)cc1. The Balaban J connectivity index is 1.62. The summed E-state index contributed by atoms with van der Waals surface area (Å²) in [6.07, 6.45) is 4.05. The van der Waals surface area contributed by atoms with Gasteiger partial charge in [0.2, 0.25) is 5.91 Å². The van der Waals surface area contributed by atoms with E-state index in [0.717, 1.165) is 17.8 Å². The number of amides is 2. The molecule has 1 saturated heterocycles. The molecule has 0 bridgehead atoms. The van der Waals surface area contributed by atoms with Gasteiger partial charge in [0.15, 0.2) is 0 Å². The van der Waals surface area contributed by atoms with E-state index in [-0.39, 0.29) is 11.8 Å². The van der Waals surface area contributed by atoms with Gasteiger partial charge in [0.25, 0.3) is 5.91 Å². The predicted octanol–water partition coefficient (Wildman–Crippen LogP) is 1.02. The molecule has 2 aromatic rings. The highest BCUT2D eigenvalue weighted by atomic mass is 16.2. The molecule has 132 valence electrons. The number of benzene rings is 1. The molecule has 1 aromatic carbocycles. The largest absolute Gasteiger partial charge is 0.340 e. The lowest BCUT2D eigenvalue weighted by molar-refractivity contribution is -0.118. The first-order valence-electron chi connectivity index (χ1n) is 8.28. The minimum atomic E-state index is -0.492. The Labute approximate surface area is 147 Å². The van der Waals surface area contributed by atoms with E-state index < -0.39 is 6.04 Å². The molecule has 1 unspecified atom stereocenters. The average Bonchev–Trinajstić information content (AvgIpc) is 3.14. The van der Waals surface area contributed by atoms with Crippen LogP contribution in [0.3, 0.4) is 0 Å².